The summed E-state index contributed by atoms with van der Waals surface area (Å²) in [6.07, 6.45) is 3.84. The molecule has 1 N–H and O–H groups in total. The summed E-state index contributed by atoms with van der Waals surface area (Å²) in [5.41, 5.74) is 0. The Balaban J connectivity index is 0.00000192. The van der Waals surface area contributed by atoms with E-state index < -0.39 is 0 Å². The lowest BCUT2D eigenvalue weighted by molar-refractivity contribution is 0.127. The molecule has 0 spiro atoms. The summed E-state index contributed by atoms with van der Waals surface area (Å²) in [6, 6.07) is 7.81. The van der Waals surface area contributed by atoms with Gasteiger partial charge in [0.2, 0.25) is 0 Å². The Morgan fingerprint density at radius 3 is 3.04 bits per heavy atom. The number of hydrogen-bond acceptors (Lipinski definition) is 4. The summed E-state index contributed by atoms with van der Waals surface area (Å²) >= 11 is 5.97. The zero-order valence-electron chi connectivity index (χ0n) is 13.1. The fourth-order valence-corrected chi connectivity index (χ4v) is 2.98. The standard InChI is InChI=1S/C16H21ClN4O.ClH/c1-20-7-6-19-16(20)15-12-18-5-8-21(15)9-10-22-14-4-2-3-13(17)11-14;/h2-4,6-7,11,15,18H,5,8-10,12H2,1H3;1H. The van der Waals surface area contributed by atoms with Crippen LogP contribution in [-0.4, -0.2) is 47.2 Å². The van der Waals surface area contributed by atoms with Gasteiger partial charge in [-0.3, -0.25) is 4.90 Å². The van der Waals surface area contributed by atoms with Gasteiger partial charge in [-0.1, -0.05) is 17.7 Å². The molecule has 1 atom stereocenters. The van der Waals surface area contributed by atoms with Crippen LogP contribution in [0.15, 0.2) is 36.7 Å². The van der Waals surface area contributed by atoms with E-state index in [4.69, 9.17) is 16.3 Å². The molecule has 1 unspecified atom stereocenters. The van der Waals surface area contributed by atoms with Crippen LogP contribution in [0.5, 0.6) is 5.75 Å². The first kappa shape index (κ1) is 18.1. The molecule has 0 radical (unpaired) electrons. The summed E-state index contributed by atoms with van der Waals surface area (Å²) in [5, 5.41) is 4.14. The van der Waals surface area contributed by atoms with Crippen molar-refractivity contribution in [3.05, 3.63) is 47.5 Å². The number of nitrogens with zero attached hydrogens (tertiary/aromatic N) is 3. The second kappa shape index (κ2) is 8.55. The number of hydrogen-bond donors (Lipinski definition) is 1. The van der Waals surface area contributed by atoms with Crippen molar-refractivity contribution in [2.24, 2.45) is 7.05 Å². The molecule has 0 amide bonds. The van der Waals surface area contributed by atoms with E-state index in [1.165, 1.54) is 0 Å². The van der Waals surface area contributed by atoms with E-state index in [1.54, 1.807) is 0 Å². The second-order valence-electron chi connectivity index (χ2n) is 5.46. The predicted molar refractivity (Wildman–Crippen MR) is 94.6 cm³/mol. The van der Waals surface area contributed by atoms with Gasteiger partial charge in [-0.25, -0.2) is 4.98 Å². The maximum absolute atomic E-state index is 5.97. The molecule has 1 aliphatic rings. The smallest absolute Gasteiger partial charge is 0.127 e. The van der Waals surface area contributed by atoms with Crippen molar-refractivity contribution in [2.75, 3.05) is 32.8 Å². The lowest BCUT2D eigenvalue weighted by Gasteiger charge is -2.35. The van der Waals surface area contributed by atoms with Crippen molar-refractivity contribution in [2.45, 2.75) is 6.04 Å². The number of benzene rings is 1. The zero-order chi connectivity index (χ0) is 15.4. The first-order chi connectivity index (χ1) is 10.7. The average molecular weight is 357 g/mol. The molecule has 0 saturated carbocycles. The fraction of sp³-hybridized carbons (Fsp3) is 0.438. The molecule has 1 aromatic heterocycles. The third-order valence-electron chi connectivity index (χ3n) is 3.95. The Morgan fingerprint density at radius 2 is 2.30 bits per heavy atom. The maximum atomic E-state index is 5.97. The van der Waals surface area contributed by atoms with Gasteiger partial charge in [0, 0.05) is 50.6 Å². The van der Waals surface area contributed by atoms with E-state index in [-0.39, 0.29) is 18.4 Å². The molecular weight excluding hydrogens is 335 g/mol. The lowest BCUT2D eigenvalue weighted by Crippen LogP contribution is -2.48. The highest BCUT2D eigenvalue weighted by molar-refractivity contribution is 6.30. The predicted octanol–water partition coefficient (Wildman–Crippen LogP) is 2.52. The maximum Gasteiger partial charge on any atom is 0.127 e. The van der Waals surface area contributed by atoms with Crippen molar-refractivity contribution in [3.8, 4) is 5.75 Å². The van der Waals surface area contributed by atoms with Crippen molar-refractivity contribution in [1.29, 1.82) is 0 Å². The number of halogens is 2. The largest absolute Gasteiger partial charge is 0.492 e. The van der Waals surface area contributed by atoms with Gasteiger partial charge >= 0.3 is 0 Å². The van der Waals surface area contributed by atoms with E-state index in [9.17, 15) is 0 Å². The molecule has 126 valence electrons. The first-order valence-electron chi connectivity index (χ1n) is 7.54. The van der Waals surface area contributed by atoms with Gasteiger partial charge in [-0.2, -0.15) is 0 Å². The van der Waals surface area contributed by atoms with Crippen LogP contribution in [0.3, 0.4) is 0 Å². The number of imidazole rings is 1. The molecule has 2 aromatic rings. The molecule has 2 heterocycles. The number of ether oxygens (including phenoxy) is 1. The minimum absolute atomic E-state index is 0. The summed E-state index contributed by atoms with van der Waals surface area (Å²) in [7, 11) is 2.04. The van der Waals surface area contributed by atoms with Crippen LogP contribution in [0.1, 0.15) is 11.9 Å². The molecule has 0 aliphatic carbocycles. The average Bonchev–Trinajstić information content (AvgIpc) is 2.94. The van der Waals surface area contributed by atoms with Gasteiger partial charge in [-0.05, 0) is 18.2 Å². The van der Waals surface area contributed by atoms with Gasteiger partial charge in [0.25, 0.3) is 0 Å². The van der Waals surface area contributed by atoms with Gasteiger partial charge in [0.05, 0.1) is 6.04 Å². The number of nitrogens with one attached hydrogen (secondary N) is 1. The summed E-state index contributed by atoms with van der Waals surface area (Å²) in [6.45, 7) is 4.42. The van der Waals surface area contributed by atoms with E-state index >= 15 is 0 Å². The van der Waals surface area contributed by atoms with Crippen LogP contribution in [-0.2, 0) is 7.05 Å². The molecule has 23 heavy (non-hydrogen) atoms. The van der Waals surface area contributed by atoms with Gasteiger partial charge < -0.3 is 14.6 Å². The minimum atomic E-state index is 0. The van der Waals surface area contributed by atoms with Crippen LogP contribution < -0.4 is 10.1 Å². The Labute approximate surface area is 148 Å². The molecule has 5 nitrogen and oxygen atoms in total. The SMILES string of the molecule is Cl.Cn1ccnc1C1CNCCN1CCOc1cccc(Cl)c1. The molecular formula is C16H22Cl2N4O. The molecule has 1 fully saturated rings. The summed E-state index contributed by atoms with van der Waals surface area (Å²) in [5.74, 6) is 1.91. The second-order valence-corrected chi connectivity index (χ2v) is 5.89. The van der Waals surface area contributed by atoms with Crippen LogP contribution in [0.2, 0.25) is 5.02 Å². The Kier molecular flexibility index (Phi) is 6.72. The van der Waals surface area contributed by atoms with Gasteiger partial charge in [0.1, 0.15) is 18.2 Å². The summed E-state index contributed by atoms with van der Waals surface area (Å²) < 4.78 is 7.90. The van der Waals surface area contributed by atoms with Crippen molar-refractivity contribution in [1.82, 2.24) is 19.8 Å². The first-order valence-corrected chi connectivity index (χ1v) is 7.92. The van der Waals surface area contributed by atoms with Gasteiger partial charge in [-0.15, -0.1) is 12.4 Å². The number of aromatic nitrogens is 2. The van der Waals surface area contributed by atoms with Crippen LogP contribution in [0.25, 0.3) is 0 Å². The Bertz CT molecular complexity index is 620. The highest BCUT2D eigenvalue weighted by Crippen LogP contribution is 2.21. The Morgan fingerprint density at radius 1 is 1.43 bits per heavy atom. The highest BCUT2D eigenvalue weighted by Gasteiger charge is 2.26. The zero-order valence-corrected chi connectivity index (χ0v) is 14.7. The normalized spacial score (nSPS) is 18.4. The molecule has 0 bridgehead atoms. The molecule has 1 aliphatic heterocycles. The number of rotatable bonds is 5. The van der Waals surface area contributed by atoms with Crippen LogP contribution in [0.4, 0.5) is 0 Å². The quantitative estimate of drug-likeness (QED) is 0.893. The van der Waals surface area contributed by atoms with E-state index in [0.717, 1.165) is 37.8 Å². The van der Waals surface area contributed by atoms with Crippen molar-refractivity contribution in [3.63, 3.8) is 0 Å². The van der Waals surface area contributed by atoms with Crippen molar-refractivity contribution < 1.29 is 4.74 Å². The third kappa shape index (κ3) is 4.61. The Hall–Kier alpha value is -1.27. The number of aryl methyl sites for hydroxylation is 1. The minimum Gasteiger partial charge on any atom is -0.492 e. The van der Waals surface area contributed by atoms with Gasteiger partial charge in [0.15, 0.2) is 0 Å². The molecule has 7 heteroatoms. The highest BCUT2D eigenvalue weighted by atomic mass is 35.5. The van der Waals surface area contributed by atoms with E-state index in [1.807, 2.05) is 43.7 Å². The molecule has 3 rings (SSSR count). The fourth-order valence-electron chi connectivity index (χ4n) is 2.80. The van der Waals surface area contributed by atoms with Crippen LogP contribution >= 0.6 is 24.0 Å². The van der Waals surface area contributed by atoms with E-state index in [0.29, 0.717) is 11.6 Å². The third-order valence-corrected chi connectivity index (χ3v) is 4.19. The molecule has 1 aromatic carbocycles. The lowest BCUT2D eigenvalue weighted by atomic mass is 10.2. The van der Waals surface area contributed by atoms with Crippen molar-refractivity contribution >= 4 is 24.0 Å². The van der Waals surface area contributed by atoms with E-state index in [2.05, 4.69) is 19.8 Å². The van der Waals surface area contributed by atoms with Crippen LogP contribution in [0, 0.1) is 0 Å². The summed E-state index contributed by atoms with van der Waals surface area (Å²) in [4.78, 5) is 6.91. The topological polar surface area (TPSA) is 42.3 Å². The number of piperazine rings is 1. The molecule has 1 saturated heterocycles. The monoisotopic (exact) mass is 356 g/mol.